The maximum atomic E-state index is 6.32. The quantitative estimate of drug-likeness (QED) is 0.841. The van der Waals surface area contributed by atoms with Crippen molar-refractivity contribution >= 4 is 22.6 Å². The molecule has 4 nitrogen and oxygen atoms in total. The van der Waals surface area contributed by atoms with Crippen molar-refractivity contribution in [3.05, 3.63) is 33.7 Å². The highest BCUT2D eigenvalue weighted by atomic mass is 127. The van der Waals surface area contributed by atoms with Gasteiger partial charge in [0, 0.05) is 3.57 Å². The summed E-state index contributed by atoms with van der Waals surface area (Å²) < 4.78 is 6.46. The lowest BCUT2D eigenvalue weighted by Crippen LogP contribution is -2.34. The maximum absolute atomic E-state index is 6.32. The van der Waals surface area contributed by atoms with Crippen LogP contribution in [0.3, 0.4) is 0 Å². The lowest BCUT2D eigenvalue weighted by atomic mass is 9.99. The molecule has 0 bridgehead atoms. The van der Waals surface area contributed by atoms with E-state index in [1.54, 1.807) is 0 Å². The molecule has 0 atom stereocenters. The van der Waals surface area contributed by atoms with Crippen LogP contribution in [0.15, 0.2) is 28.8 Å². The Morgan fingerprint density at radius 3 is 2.67 bits per heavy atom. The Balaban J connectivity index is 1.97. The molecule has 0 radical (unpaired) electrons. The Morgan fingerprint density at radius 2 is 1.94 bits per heavy atom. The number of nitrogens with two attached hydrogens (primary N) is 1. The summed E-state index contributed by atoms with van der Waals surface area (Å²) in [7, 11) is 0. The molecule has 5 heteroatoms. The van der Waals surface area contributed by atoms with Gasteiger partial charge in [-0.15, -0.1) is 0 Å². The standard InChI is InChI=1S/C13H14IN3O/c14-10-6-2-1-5-9(10)11-16-12(17-18-11)13(15)7-3-4-8-13/h1-2,5-6H,3-4,7-8,15H2. The second kappa shape index (κ2) is 4.62. The van der Waals surface area contributed by atoms with Crippen molar-refractivity contribution in [1.82, 2.24) is 10.1 Å². The summed E-state index contributed by atoms with van der Waals surface area (Å²) in [6.45, 7) is 0. The van der Waals surface area contributed by atoms with E-state index in [0.717, 1.165) is 34.8 Å². The summed E-state index contributed by atoms with van der Waals surface area (Å²) in [6, 6.07) is 7.96. The molecular weight excluding hydrogens is 341 g/mol. The number of benzene rings is 1. The zero-order valence-electron chi connectivity index (χ0n) is 9.90. The van der Waals surface area contributed by atoms with E-state index in [-0.39, 0.29) is 5.54 Å². The molecule has 0 amide bonds. The van der Waals surface area contributed by atoms with E-state index in [1.165, 1.54) is 0 Å². The third-order valence-corrected chi connectivity index (χ3v) is 4.41. The van der Waals surface area contributed by atoms with Gasteiger partial charge in [-0.25, -0.2) is 0 Å². The molecule has 1 aromatic carbocycles. The highest BCUT2D eigenvalue weighted by Gasteiger charge is 2.36. The van der Waals surface area contributed by atoms with Crippen LogP contribution >= 0.6 is 22.6 Å². The Kier molecular flexibility index (Phi) is 3.11. The van der Waals surface area contributed by atoms with Crippen LogP contribution in [-0.4, -0.2) is 10.1 Å². The van der Waals surface area contributed by atoms with E-state index in [9.17, 15) is 0 Å². The van der Waals surface area contributed by atoms with Gasteiger partial charge >= 0.3 is 0 Å². The Hall–Kier alpha value is -0.950. The fraction of sp³-hybridized carbons (Fsp3) is 0.385. The van der Waals surface area contributed by atoms with Crippen LogP contribution < -0.4 is 5.73 Å². The summed E-state index contributed by atoms with van der Waals surface area (Å²) >= 11 is 2.27. The summed E-state index contributed by atoms with van der Waals surface area (Å²) in [5.41, 5.74) is 6.91. The Labute approximate surface area is 119 Å². The molecule has 94 valence electrons. The smallest absolute Gasteiger partial charge is 0.259 e. The maximum Gasteiger partial charge on any atom is 0.259 e. The predicted molar refractivity (Wildman–Crippen MR) is 76.8 cm³/mol. The monoisotopic (exact) mass is 355 g/mol. The SMILES string of the molecule is NC1(c2noc(-c3ccccc3I)n2)CCCC1. The molecule has 3 rings (SSSR count). The van der Waals surface area contributed by atoms with Gasteiger partial charge in [0.25, 0.3) is 5.89 Å². The zero-order chi connectivity index (χ0) is 12.6. The van der Waals surface area contributed by atoms with E-state index < -0.39 is 0 Å². The first-order valence-electron chi connectivity index (χ1n) is 6.07. The van der Waals surface area contributed by atoms with Gasteiger partial charge in [-0.1, -0.05) is 30.1 Å². The molecule has 2 aromatic rings. The van der Waals surface area contributed by atoms with Crippen LogP contribution in [0.5, 0.6) is 0 Å². The molecule has 1 aromatic heterocycles. The first-order chi connectivity index (χ1) is 8.69. The van der Waals surface area contributed by atoms with E-state index in [0.29, 0.717) is 11.7 Å². The van der Waals surface area contributed by atoms with Gasteiger partial charge in [0.1, 0.15) is 0 Å². The average molecular weight is 355 g/mol. The lowest BCUT2D eigenvalue weighted by Gasteiger charge is -2.17. The predicted octanol–water partition coefficient (Wildman–Crippen LogP) is 3.07. The average Bonchev–Trinajstić information content (AvgIpc) is 2.99. The third-order valence-electron chi connectivity index (χ3n) is 3.47. The van der Waals surface area contributed by atoms with Crippen molar-refractivity contribution in [1.29, 1.82) is 0 Å². The summed E-state index contributed by atoms with van der Waals surface area (Å²) in [6.07, 6.45) is 4.17. The van der Waals surface area contributed by atoms with Crippen molar-refractivity contribution in [3.63, 3.8) is 0 Å². The normalized spacial score (nSPS) is 18.1. The molecule has 1 aliphatic carbocycles. The van der Waals surface area contributed by atoms with E-state index in [1.807, 2.05) is 24.3 Å². The summed E-state index contributed by atoms with van der Waals surface area (Å²) in [4.78, 5) is 4.49. The van der Waals surface area contributed by atoms with Gasteiger partial charge in [0.15, 0.2) is 5.82 Å². The van der Waals surface area contributed by atoms with Gasteiger partial charge in [-0.2, -0.15) is 4.98 Å². The zero-order valence-corrected chi connectivity index (χ0v) is 12.1. The molecule has 1 heterocycles. The first kappa shape index (κ1) is 12.1. The summed E-state index contributed by atoms with van der Waals surface area (Å²) in [5.74, 6) is 1.21. The number of rotatable bonds is 2. The second-order valence-corrected chi connectivity index (χ2v) is 5.93. The molecule has 0 aliphatic heterocycles. The fourth-order valence-corrected chi connectivity index (χ4v) is 3.02. The molecule has 2 N–H and O–H groups in total. The van der Waals surface area contributed by atoms with E-state index >= 15 is 0 Å². The van der Waals surface area contributed by atoms with Crippen LogP contribution in [0, 0.1) is 3.57 Å². The third kappa shape index (κ3) is 2.05. The fourth-order valence-electron chi connectivity index (χ4n) is 2.40. The first-order valence-corrected chi connectivity index (χ1v) is 7.15. The van der Waals surface area contributed by atoms with Gasteiger partial charge in [-0.05, 0) is 47.6 Å². The number of hydrogen-bond donors (Lipinski definition) is 1. The number of aromatic nitrogens is 2. The van der Waals surface area contributed by atoms with Crippen molar-refractivity contribution in [2.45, 2.75) is 31.2 Å². The number of hydrogen-bond acceptors (Lipinski definition) is 4. The van der Waals surface area contributed by atoms with Crippen LogP contribution in [0.25, 0.3) is 11.5 Å². The Bertz CT molecular complexity index is 561. The Morgan fingerprint density at radius 1 is 1.22 bits per heavy atom. The van der Waals surface area contributed by atoms with E-state index in [2.05, 4.69) is 32.7 Å². The molecule has 1 saturated carbocycles. The molecule has 18 heavy (non-hydrogen) atoms. The molecule has 0 spiro atoms. The van der Waals surface area contributed by atoms with Gasteiger partial charge in [-0.3, -0.25) is 0 Å². The van der Waals surface area contributed by atoms with Gasteiger partial charge < -0.3 is 10.3 Å². The van der Waals surface area contributed by atoms with Crippen molar-refractivity contribution < 1.29 is 4.52 Å². The van der Waals surface area contributed by atoms with Crippen LogP contribution in [-0.2, 0) is 5.54 Å². The van der Waals surface area contributed by atoms with Crippen molar-refractivity contribution in [3.8, 4) is 11.5 Å². The largest absolute Gasteiger partial charge is 0.334 e. The van der Waals surface area contributed by atoms with Crippen LogP contribution in [0.1, 0.15) is 31.5 Å². The minimum atomic E-state index is -0.387. The minimum absolute atomic E-state index is 0.387. The van der Waals surface area contributed by atoms with Gasteiger partial charge in [0.2, 0.25) is 0 Å². The molecular formula is C13H14IN3O. The van der Waals surface area contributed by atoms with Crippen molar-refractivity contribution in [2.24, 2.45) is 5.73 Å². The van der Waals surface area contributed by atoms with Gasteiger partial charge in [0.05, 0.1) is 11.1 Å². The number of halogens is 1. The highest BCUT2D eigenvalue weighted by Crippen LogP contribution is 2.35. The van der Waals surface area contributed by atoms with Crippen LogP contribution in [0.2, 0.25) is 0 Å². The summed E-state index contributed by atoms with van der Waals surface area (Å²) in [5, 5.41) is 4.07. The number of nitrogens with zero attached hydrogens (tertiary/aromatic N) is 2. The van der Waals surface area contributed by atoms with Crippen molar-refractivity contribution in [2.75, 3.05) is 0 Å². The highest BCUT2D eigenvalue weighted by molar-refractivity contribution is 14.1. The second-order valence-electron chi connectivity index (χ2n) is 4.77. The molecule has 0 saturated heterocycles. The molecule has 0 unspecified atom stereocenters. The lowest BCUT2D eigenvalue weighted by molar-refractivity contribution is 0.372. The molecule has 1 fully saturated rings. The minimum Gasteiger partial charge on any atom is -0.334 e. The van der Waals surface area contributed by atoms with E-state index in [4.69, 9.17) is 10.3 Å². The van der Waals surface area contributed by atoms with Crippen LogP contribution in [0.4, 0.5) is 0 Å². The molecule has 1 aliphatic rings. The topological polar surface area (TPSA) is 64.9 Å².